The third kappa shape index (κ3) is 3.13. The lowest BCUT2D eigenvalue weighted by molar-refractivity contribution is 0.0787. The Balaban J connectivity index is 3.02. The summed E-state index contributed by atoms with van der Waals surface area (Å²) >= 11 is 0. The molecule has 2 N–H and O–H groups in total. The number of rotatable bonds is 6. The van der Waals surface area contributed by atoms with E-state index < -0.39 is 0 Å². The van der Waals surface area contributed by atoms with Crippen LogP contribution in [0.5, 0.6) is 11.5 Å². The van der Waals surface area contributed by atoms with Gasteiger partial charge in [0, 0.05) is 13.6 Å². The number of ether oxygens (including phenoxy) is 2. The van der Waals surface area contributed by atoms with E-state index in [0.29, 0.717) is 30.2 Å². The lowest BCUT2D eigenvalue weighted by atomic mass is 10.1. The van der Waals surface area contributed by atoms with Crippen LogP contribution in [0.15, 0.2) is 18.2 Å². The molecule has 100 valence electrons. The molecule has 0 aromatic heterocycles. The summed E-state index contributed by atoms with van der Waals surface area (Å²) in [7, 11) is 4.81. The van der Waals surface area contributed by atoms with Gasteiger partial charge in [0.15, 0.2) is 0 Å². The standard InChI is InChI=1S/C13H20N2O3/c1-15(9-5-8-14)13(16)12-10(17-2)6-4-7-11(12)18-3/h4,6-7H,5,8-9,14H2,1-3H3. The van der Waals surface area contributed by atoms with Crippen LogP contribution < -0.4 is 15.2 Å². The number of carbonyl (C=O) groups excluding carboxylic acids is 1. The van der Waals surface area contributed by atoms with E-state index in [-0.39, 0.29) is 5.91 Å². The zero-order valence-corrected chi connectivity index (χ0v) is 11.1. The fraction of sp³-hybridized carbons (Fsp3) is 0.462. The molecule has 1 aromatic carbocycles. The van der Waals surface area contributed by atoms with Crippen LogP contribution in [0.25, 0.3) is 0 Å². The molecular formula is C13H20N2O3. The van der Waals surface area contributed by atoms with E-state index in [1.807, 2.05) is 0 Å². The zero-order valence-electron chi connectivity index (χ0n) is 11.1. The van der Waals surface area contributed by atoms with Crippen LogP contribution in [-0.4, -0.2) is 45.2 Å². The van der Waals surface area contributed by atoms with Crippen LogP contribution in [0.3, 0.4) is 0 Å². The fourth-order valence-corrected chi connectivity index (χ4v) is 1.68. The number of hydrogen-bond donors (Lipinski definition) is 1. The van der Waals surface area contributed by atoms with E-state index in [4.69, 9.17) is 15.2 Å². The highest BCUT2D eigenvalue weighted by molar-refractivity contribution is 5.99. The van der Waals surface area contributed by atoms with Crippen LogP contribution in [0.4, 0.5) is 0 Å². The van der Waals surface area contributed by atoms with Gasteiger partial charge in [0.1, 0.15) is 17.1 Å². The molecule has 0 fully saturated rings. The van der Waals surface area contributed by atoms with Gasteiger partial charge in [-0.3, -0.25) is 4.79 Å². The smallest absolute Gasteiger partial charge is 0.261 e. The summed E-state index contributed by atoms with van der Waals surface area (Å²) < 4.78 is 10.4. The first-order valence-corrected chi connectivity index (χ1v) is 5.82. The Labute approximate surface area is 107 Å². The molecule has 5 heteroatoms. The average molecular weight is 252 g/mol. The van der Waals surface area contributed by atoms with Crippen molar-refractivity contribution < 1.29 is 14.3 Å². The summed E-state index contributed by atoms with van der Waals surface area (Å²) in [5, 5.41) is 0. The van der Waals surface area contributed by atoms with Gasteiger partial charge in [0.25, 0.3) is 5.91 Å². The molecule has 0 atom stereocenters. The van der Waals surface area contributed by atoms with Gasteiger partial charge < -0.3 is 20.1 Å². The minimum atomic E-state index is -0.127. The van der Waals surface area contributed by atoms with Gasteiger partial charge in [0.05, 0.1) is 14.2 Å². The number of carbonyl (C=O) groups is 1. The van der Waals surface area contributed by atoms with Crippen molar-refractivity contribution in [1.82, 2.24) is 4.90 Å². The molecule has 18 heavy (non-hydrogen) atoms. The minimum absolute atomic E-state index is 0.127. The molecule has 0 aliphatic heterocycles. The second kappa shape index (κ2) is 6.86. The highest BCUT2D eigenvalue weighted by atomic mass is 16.5. The normalized spacial score (nSPS) is 10.0. The maximum Gasteiger partial charge on any atom is 0.261 e. The molecule has 0 aliphatic carbocycles. The molecule has 0 aliphatic rings. The maximum atomic E-state index is 12.3. The highest BCUT2D eigenvalue weighted by Gasteiger charge is 2.21. The SMILES string of the molecule is COc1cccc(OC)c1C(=O)N(C)CCCN. The fourth-order valence-electron chi connectivity index (χ4n) is 1.68. The average Bonchev–Trinajstić information content (AvgIpc) is 2.42. The predicted molar refractivity (Wildman–Crippen MR) is 70.2 cm³/mol. The van der Waals surface area contributed by atoms with Crippen molar-refractivity contribution in [3.8, 4) is 11.5 Å². The summed E-state index contributed by atoms with van der Waals surface area (Å²) in [4.78, 5) is 14.0. The van der Waals surface area contributed by atoms with Crippen molar-refractivity contribution in [3.63, 3.8) is 0 Å². The number of benzene rings is 1. The molecule has 0 unspecified atom stereocenters. The molecule has 0 bridgehead atoms. The third-order valence-corrected chi connectivity index (χ3v) is 2.69. The molecule has 1 amide bonds. The number of methoxy groups -OCH3 is 2. The Morgan fingerprint density at radius 3 is 2.28 bits per heavy atom. The predicted octanol–water partition coefficient (Wildman–Crippen LogP) is 1.12. The summed E-state index contributed by atoms with van der Waals surface area (Å²) in [5.74, 6) is 0.899. The van der Waals surface area contributed by atoms with Crippen LogP contribution in [0.1, 0.15) is 16.8 Å². The van der Waals surface area contributed by atoms with E-state index in [1.54, 1.807) is 30.1 Å². The lowest BCUT2D eigenvalue weighted by Gasteiger charge is -2.19. The van der Waals surface area contributed by atoms with Gasteiger partial charge in [0.2, 0.25) is 0 Å². The first kappa shape index (κ1) is 14.3. The molecule has 0 saturated carbocycles. The Bertz CT molecular complexity index is 385. The Morgan fingerprint density at radius 2 is 1.83 bits per heavy atom. The van der Waals surface area contributed by atoms with Crippen molar-refractivity contribution in [2.24, 2.45) is 5.73 Å². The molecule has 5 nitrogen and oxygen atoms in total. The maximum absolute atomic E-state index is 12.3. The highest BCUT2D eigenvalue weighted by Crippen LogP contribution is 2.29. The van der Waals surface area contributed by atoms with Crippen molar-refractivity contribution >= 4 is 5.91 Å². The van der Waals surface area contributed by atoms with E-state index in [9.17, 15) is 4.79 Å². The Morgan fingerprint density at radius 1 is 1.28 bits per heavy atom. The molecular weight excluding hydrogens is 232 g/mol. The number of hydrogen-bond acceptors (Lipinski definition) is 4. The summed E-state index contributed by atoms with van der Waals surface area (Å²) in [6, 6.07) is 5.27. The van der Waals surface area contributed by atoms with Gasteiger partial charge in [-0.2, -0.15) is 0 Å². The summed E-state index contributed by atoms with van der Waals surface area (Å²) in [6.45, 7) is 1.16. The van der Waals surface area contributed by atoms with Gasteiger partial charge >= 0.3 is 0 Å². The quantitative estimate of drug-likeness (QED) is 0.824. The monoisotopic (exact) mass is 252 g/mol. The molecule has 0 spiro atoms. The largest absolute Gasteiger partial charge is 0.496 e. The Kier molecular flexibility index (Phi) is 5.45. The molecule has 0 radical (unpaired) electrons. The molecule has 1 rings (SSSR count). The van der Waals surface area contributed by atoms with Crippen LogP contribution in [-0.2, 0) is 0 Å². The van der Waals surface area contributed by atoms with Gasteiger partial charge in [-0.15, -0.1) is 0 Å². The van der Waals surface area contributed by atoms with Crippen molar-refractivity contribution in [1.29, 1.82) is 0 Å². The summed E-state index contributed by atoms with van der Waals surface area (Å²) in [6.07, 6.45) is 0.764. The zero-order chi connectivity index (χ0) is 13.5. The second-order valence-electron chi connectivity index (χ2n) is 3.91. The minimum Gasteiger partial charge on any atom is -0.496 e. The van der Waals surface area contributed by atoms with Crippen LogP contribution in [0, 0.1) is 0 Å². The second-order valence-corrected chi connectivity index (χ2v) is 3.91. The van der Waals surface area contributed by atoms with E-state index >= 15 is 0 Å². The van der Waals surface area contributed by atoms with E-state index in [0.717, 1.165) is 6.42 Å². The summed E-state index contributed by atoms with van der Waals surface area (Å²) in [5.41, 5.74) is 5.89. The van der Waals surface area contributed by atoms with Crippen LogP contribution >= 0.6 is 0 Å². The van der Waals surface area contributed by atoms with E-state index in [2.05, 4.69) is 0 Å². The van der Waals surface area contributed by atoms with Crippen LogP contribution in [0.2, 0.25) is 0 Å². The van der Waals surface area contributed by atoms with Crippen molar-refractivity contribution in [3.05, 3.63) is 23.8 Å². The lowest BCUT2D eigenvalue weighted by Crippen LogP contribution is -2.29. The molecule has 0 heterocycles. The molecule has 1 aromatic rings. The Hall–Kier alpha value is -1.75. The topological polar surface area (TPSA) is 64.8 Å². The van der Waals surface area contributed by atoms with E-state index in [1.165, 1.54) is 14.2 Å². The number of amides is 1. The first-order valence-electron chi connectivity index (χ1n) is 5.82. The van der Waals surface area contributed by atoms with Gasteiger partial charge in [-0.05, 0) is 25.1 Å². The molecule has 0 saturated heterocycles. The number of nitrogens with two attached hydrogens (primary N) is 1. The van der Waals surface area contributed by atoms with Crippen molar-refractivity contribution in [2.45, 2.75) is 6.42 Å². The van der Waals surface area contributed by atoms with Gasteiger partial charge in [-0.25, -0.2) is 0 Å². The first-order chi connectivity index (χ1) is 8.65. The number of nitrogens with zero attached hydrogens (tertiary/aromatic N) is 1. The van der Waals surface area contributed by atoms with Gasteiger partial charge in [-0.1, -0.05) is 6.07 Å². The third-order valence-electron chi connectivity index (χ3n) is 2.69. The van der Waals surface area contributed by atoms with Crippen molar-refractivity contribution in [2.75, 3.05) is 34.4 Å².